The number of ether oxygens (including phenoxy) is 1. The van der Waals surface area contributed by atoms with Crippen LogP contribution in [0.25, 0.3) is 11.6 Å². The van der Waals surface area contributed by atoms with Crippen molar-refractivity contribution in [2.75, 3.05) is 12.4 Å². The number of thioether (sulfide) groups is 1. The summed E-state index contributed by atoms with van der Waals surface area (Å²) in [5.41, 5.74) is 2.38. The van der Waals surface area contributed by atoms with Crippen molar-refractivity contribution >= 4 is 11.8 Å². The van der Waals surface area contributed by atoms with Crippen LogP contribution in [0.3, 0.4) is 0 Å². The van der Waals surface area contributed by atoms with Crippen LogP contribution in [0.4, 0.5) is 0 Å². The summed E-state index contributed by atoms with van der Waals surface area (Å²) in [6.07, 6.45) is 7.90. The molecule has 3 aromatic rings. The molecule has 2 aromatic heterocycles. The molecule has 0 saturated heterocycles. The maximum atomic E-state index is 6.01. The van der Waals surface area contributed by atoms with E-state index in [-0.39, 0.29) is 0 Å². The average molecular weight is 398 g/mol. The molecule has 28 heavy (non-hydrogen) atoms. The van der Waals surface area contributed by atoms with E-state index in [1.54, 1.807) is 18.0 Å². The van der Waals surface area contributed by atoms with Crippen molar-refractivity contribution in [3.8, 4) is 17.3 Å². The molecule has 148 valence electrons. The SMILES string of the molecule is Cc1ccc(C)c(OCCSc2nnc(-c3ccco3)n2C2CCCCC2)c1. The smallest absolute Gasteiger partial charge is 0.200 e. The molecule has 0 unspecified atom stereocenters. The number of hydrogen-bond donors (Lipinski definition) is 0. The molecule has 0 atom stereocenters. The molecule has 0 N–H and O–H groups in total. The second-order valence-corrected chi connectivity index (χ2v) is 8.47. The quantitative estimate of drug-likeness (QED) is 0.371. The van der Waals surface area contributed by atoms with Crippen LogP contribution in [0.5, 0.6) is 5.75 Å². The first-order valence-electron chi connectivity index (χ1n) is 10.0. The summed E-state index contributed by atoms with van der Waals surface area (Å²) in [6.45, 7) is 4.81. The highest BCUT2D eigenvalue weighted by molar-refractivity contribution is 7.99. The zero-order valence-corrected chi connectivity index (χ0v) is 17.4. The maximum absolute atomic E-state index is 6.01. The number of benzene rings is 1. The summed E-state index contributed by atoms with van der Waals surface area (Å²) in [5, 5.41) is 9.90. The number of aromatic nitrogens is 3. The predicted molar refractivity (Wildman–Crippen MR) is 112 cm³/mol. The topological polar surface area (TPSA) is 53.1 Å². The molecule has 6 heteroatoms. The number of furan rings is 1. The Morgan fingerprint density at radius 1 is 1.14 bits per heavy atom. The summed E-state index contributed by atoms with van der Waals surface area (Å²) in [4.78, 5) is 0. The van der Waals surface area contributed by atoms with Crippen molar-refractivity contribution < 1.29 is 9.15 Å². The van der Waals surface area contributed by atoms with E-state index in [9.17, 15) is 0 Å². The minimum Gasteiger partial charge on any atom is -0.492 e. The van der Waals surface area contributed by atoms with Crippen molar-refractivity contribution in [1.82, 2.24) is 14.8 Å². The van der Waals surface area contributed by atoms with Gasteiger partial charge in [0.05, 0.1) is 12.9 Å². The van der Waals surface area contributed by atoms with Crippen LogP contribution in [0.1, 0.15) is 49.3 Å². The van der Waals surface area contributed by atoms with Crippen molar-refractivity contribution in [3.05, 3.63) is 47.7 Å². The van der Waals surface area contributed by atoms with Crippen molar-refractivity contribution in [3.63, 3.8) is 0 Å². The minimum absolute atomic E-state index is 0.450. The van der Waals surface area contributed by atoms with Gasteiger partial charge in [-0.15, -0.1) is 10.2 Å². The van der Waals surface area contributed by atoms with Crippen LogP contribution < -0.4 is 4.74 Å². The molecule has 0 amide bonds. The van der Waals surface area contributed by atoms with Gasteiger partial charge >= 0.3 is 0 Å². The third-order valence-corrected chi connectivity index (χ3v) is 6.17. The fraction of sp³-hybridized carbons (Fsp3) is 0.455. The Labute approximate surface area is 170 Å². The van der Waals surface area contributed by atoms with Gasteiger partial charge in [0.1, 0.15) is 5.75 Å². The highest BCUT2D eigenvalue weighted by atomic mass is 32.2. The number of aryl methyl sites for hydroxylation is 2. The van der Waals surface area contributed by atoms with Crippen LogP contribution in [0.2, 0.25) is 0 Å². The molecule has 1 saturated carbocycles. The molecule has 4 rings (SSSR count). The zero-order valence-electron chi connectivity index (χ0n) is 16.6. The van der Waals surface area contributed by atoms with E-state index in [2.05, 4.69) is 46.8 Å². The van der Waals surface area contributed by atoms with Gasteiger partial charge in [-0.05, 0) is 56.0 Å². The summed E-state index contributed by atoms with van der Waals surface area (Å²) in [6, 6.07) is 10.6. The molecule has 5 nitrogen and oxygen atoms in total. The van der Waals surface area contributed by atoms with Crippen LogP contribution in [-0.4, -0.2) is 27.1 Å². The largest absolute Gasteiger partial charge is 0.492 e. The molecule has 1 fully saturated rings. The standard InChI is InChI=1S/C22H27N3O2S/c1-16-10-11-17(2)20(15-16)27-13-14-28-22-24-23-21(19-9-6-12-26-19)25(22)18-7-4-3-5-8-18/h6,9-12,15,18H,3-5,7-8,13-14H2,1-2H3. The fourth-order valence-electron chi connectivity index (χ4n) is 3.77. The van der Waals surface area contributed by atoms with E-state index in [4.69, 9.17) is 9.15 Å². The Kier molecular flexibility index (Phi) is 6.05. The lowest BCUT2D eigenvalue weighted by atomic mass is 9.95. The molecule has 0 bridgehead atoms. The van der Waals surface area contributed by atoms with E-state index in [1.807, 2.05) is 12.1 Å². The lowest BCUT2D eigenvalue weighted by Gasteiger charge is -2.25. The summed E-state index contributed by atoms with van der Waals surface area (Å²) in [7, 11) is 0. The van der Waals surface area contributed by atoms with Crippen molar-refractivity contribution in [2.45, 2.75) is 57.1 Å². The van der Waals surface area contributed by atoms with Gasteiger partial charge in [-0.25, -0.2) is 0 Å². The van der Waals surface area contributed by atoms with E-state index in [0.717, 1.165) is 28.2 Å². The normalized spacial score (nSPS) is 15.1. The summed E-state index contributed by atoms with van der Waals surface area (Å²) >= 11 is 1.71. The zero-order chi connectivity index (χ0) is 19.3. The Morgan fingerprint density at radius 2 is 2.00 bits per heavy atom. The van der Waals surface area contributed by atoms with Crippen LogP contribution in [-0.2, 0) is 0 Å². The first-order chi connectivity index (χ1) is 13.7. The third kappa shape index (κ3) is 4.27. The first-order valence-corrected chi connectivity index (χ1v) is 11.0. The van der Waals surface area contributed by atoms with Crippen LogP contribution in [0.15, 0.2) is 46.2 Å². The van der Waals surface area contributed by atoms with Gasteiger partial charge in [-0.1, -0.05) is 43.2 Å². The van der Waals surface area contributed by atoms with Crippen molar-refractivity contribution in [2.24, 2.45) is 0 Å². The Morgan fingerprint density at radius 3 is 2.79 bits per heavy atom. The van der Waals surface area contributed by atoms with Crippen LogP contribution in [0, 0.1) is 13.8 Å². The Bertz CT molecular complexity index is 899. The molecular formula is C22H27N3O2S. The lowest BCUT2D eigenvalue weighted by Crippen LogP contribution is -2.15. The molecule has 0 spiro atoms. The molecule has 1 aliphatic carbocycles. The Hall–Kier alpha value is -2.21. The lowest BCUT2D eigenvalue weighted by molar-refractivity contribution is 0.334. The molecule has 1 aromatic carbocycles. The number of hydrogen-bond acceptors (Lipinski definition) is 5. The second kappa shape index (κ2) is 8.86. The maximum Gasteiger partial charge on any atom is 0.200 e. The molecule has 0 aliphatic heterocycles. The first kappa shape index (κ1) is 19.1. The van der Waals surface area contributed by atoms with E-state index in [1.165, 1.54) is 43.2 Å². The Balaban J connectivity index is 1.46. The summed E-state index contributed by atoms with van der Waals surface area (Å²) in [5.74, 6) is 3.42. The van der Waals surface area contributed by atoms with E-state index < -0.39 is 0 Å². The molecule has 0 radical (unpaired) electrons. The van der Waals surface area contributed by atoms with Gasteiger partial charge in [-0.2, -0.15) is 0 Å². The van der Waals surface area contributed by atoms with Gasteiger partial charge in [-0.3, -0.25) is 4.57 Å². The number of rotatable bonds is 7. The fourth-order valence-corrected chi connectivity index (χ4v) is 4.59. The van der Waals surface area contributed by atoms with E-state index >= 15 is 0 Å². The average Bonchev–Trinajstić information content (AvgIpc) is 3.38. The van der Waals surface area contributed by atoms with Gasteiger partial charge in [0, 0.05) is 11.8 Å². The monoisotopic (exact) mass is 397 g/mol. The predicted octanol–water partition coefficient (Wildman–Crippen LogP) is 5.83. The van der Waals surface area contributed by atoms with Gasteiger partial charge in [0.2, 0.25) is 5.82 Å². The van der Waals surface area contributed by atoms with Gasteiger partial charge < -0.3 is 9.15 Å². The van der Waals surface area contributed by atoms with Gasteiger partial charge in [0.25, 0.3) is 0 Å². The third-order valence-electron chi connectivity index (χ3n) is 5.26. The van der Waals surface area contributed by atoms with E-state index in [0.29, 0.717) is 12.6 Å². The molecule has 1 aliphatic rings. The number of nitrogens with zero attached hydrogens (tertiary/aromatic N) is 3. The molecular weight excluding hydrogens is 370 g/mol. The van der Waals surface area contributed by atoms with Gasteiger partial charge in [0.15, 0.2) is 10.9 Å². The minimum atomic E-state index is 0.450. The second-order valence-electron chi connectivity index (χ2n) is 7.41. The summed E-state index contributed by atoms with van der Waals surface area (Å²) < 4.78 is 13.9. The highest BCUT2D eigenvalue weighted by Gasteiger charge is 2.24. The van der Waals surface area contributed by atoms with Crippen molar-refractivity contribution in [1.29, 1.82) is 0 Å². The molecule has 2 heterocycles. The highest BCUT2D eigenvalue weighted by Crippen LogP contribution is 2.35. The van der Waals surface area contributed by atoms with Crippen LogP contribution >= 0.6 is 11.8 Å².